The average Bonchev–Trinajstić information content (AvgIpc) is 3.17. The highest BCUT2D eigenvalue weighted by atomic mass is 19.1. The van der Waals surface area contributed by atoms with Crippen molar-refractivity contribution in [2.45, 2.75) is 51.2 Å². The van der Waals surface area contributed by atoms with E-state index >= 15 is 0 Å². The van der Waals surface area contributed by atoms with Gasteiger partial charge in [0.1, 0.15) is 12.4 Å². The van der Waals surface area contributed by atoms with Crippen LogP contribution in [0.15, 0.2) is 40.2 Å². The molecule has 4 rings (SSSR count). The van der Waals surface area contributed by atoms with Crippen LogP contribution in [0.4, 0.5) is 4.39 Å². The summed E-state index contributed by atoms with van der Waals surface area (Å²) in [5.41, 5.74) is 0.267. The van der Waals surface area contributed by atoms with Crippen molar-refractivity contribution in [2.24, 2.45) is 14.1 Å². The molecular weight excluding hydrogens is 401 g/mol. The van der Waals surface area contributed by atoms with E-state index < -0.39 is 11.2 Å². The number of amides is 1. The van der Waals surface area contributed by atoms with Crippen LogP contribution < -0.4 is 11.2 Å². The molecule has 9 heteroatoms. The maximum absolute atomic E-state index is 13.4. The normalized spacial score (nSPS) is 14.8. The lowest BCUT2D eigenvalue weighted by molar-refractivity contribution is -0.135. The lowest BCUT2D eigenvalue weighted by Crippen LogP contribution is -2.47. The zero-order valence-corrected chi connectivity index (χ0v) is 17.8. The number of hydrogen-bond donors (Lipinski definition) is 0. The zero-order chi connectivity index (χ0) is 22.1. The first-order valence-corrected chi connectivity index (χ1v) is 10.5. The third kappa shape index (κ3) is 4.04. The van der Waals surface area contributed by atoms with Crippen molar-refractivity contribution >= 4 is 17.1 Å². The zero-order valence-electron chi connectivity index (χ0n) is 17.8. The fraction of sp³-hybridized carbons (Fsp3) is 0.455. The minimum atomic E-state index is -0.574. The summed E-state index contributed by atoms with van der Waals surface area (Å²) in [7, 11) is 3.21. The van der Waals surface area contributed by atoms with E-state index in [0.29, 0.717) is 6.54 Å². The summed E-state index contributed by atoms with van der Waals surface area (Å²) >= 11 is 0. The van der Waals surface area contributed by atoms with Gasteiger partial charge in [-0.15, -0.1) is 0 Å². The third-order valence-electron chi connectivity index (χ3n) is 6.10. The molecule has 164 valence electrons. The molecule has 0 atom stereocenters. The smallest absolute Gasteiger partial charge is 0.332 e. The SMILES string of the molecule is Cn1cnc2c1c(=O)n(CC(=O)N(Cc1ccc(F)cc1)C1CCCCC1)c(=O)n2C. The number of imidazole rings is 1. The maximum Gasteiger partial charge on any atom is 0.332 e. The molecule has 1 aliphatic rings. The first kappa shape index (κ1) is 21.0. The van der Waals surface area contributed by atoms with Gasteiger partial charge in [-0.3, -0.25) is 14.2 Å². The topological polar surface area (TPSA) is 82.1 Å². The van der Waals surface area contributed by atoms with E-state index in [4.69, 9.17) is 0 Å². The Morgan fingerprint density at radius 1 is 1.13 bits per heavy atom. The Hall–Kier alpha value is -3.23. The molecule has 2 heterocycles. The lowest BCUT2D eigenvalue weighted by atomic mass is 9.93. The van der Waals surface area contributed by atoms with E-state index in [0.717, 1.165) is 42.2 Å². The predicted octanol–water partition coefficient (Wildman–Crippen LogP) is 1.93. The van der Waals surface area contributed by atoms with Gasteiger partial charge in [0.2, 0.25) is 5.91 Å². The molecule has 31 heavy (non-hydrogen) atoms. The molecule has 2 aromatic heterocycles. The molecule has 1 fully saturated rings. The van der Waals surface area contributed by atoms with Crippen LogP contribution in [-0.2, 0) is 32.0 Å². The van der Waals surface area contributed by atoms with Gasteiger partial charge in [-0.25, -0.2) is 18.7 Å². The lowest BCUT2D eigenvalue weighted by Gasteiger charge is -2.34. The molecule has 1 saturated carbocycles. The van der Waals surface area contributed by atoms with Gasteiger partial charge < -0.3 is 9.47 Å². The molecule has 0 unspecified atom stereocenters. The molecule has 0 saturated heterocycles. The van der Waals surface area contributed by atoms with Gasteiger partial charge in [0.05, 0.1) is 6.33 Å². The van der Waals surface area contributed by atoms with Gasteiger partial charge in [0.25, 0.3) is 5.56 Å². The minimum absolute atomic E-state index is 0.0336. The van der Waals surface area contributed by atoms with Gasteiger partial charge >= 0.3 is 5.69 Å². The second-order valence-corrected chi connectivity index (χ2v) is 8.20. The number of aryl methyl sites for hydroxylation is 2. The van der Waals surface area contributed by atoms with Crippen molar-refractivity contribution in [3.8, 4) is 0 Å². The highest BCUT2D eigenvalue weighted by molar-refractivity contribution is 5.77. The van der Waals surface area contributed by atoms with Crippen LogP contribution in [0.5, 0.6) is 0 Å². The summed E-state index contributed by atoms with van der Waals surface area (Å²) in [5, 5.41) is 0. The molecule has 0 spiro atoms. The molecule has 1 amide bonds. The summed E-state index contributed by atoms with van der Waals surface area (Å²) in [4.78, 5) is 45.0. The molecule has 0 radical (unpaired) electrons. The number of nitrogens with zero attached hydrogens (tertiary/aromatic N) is 5. The summed E-state index contributed by atoms with van der Waals surface area (Å²) in [6.45, 7) is -0.0306. The van der Waals surface area contributed by atoms with Crippen LogP contribution >= 0.6 is 0 Å². The fourth-order valence-corrected chi connectivity index (χ4v) is 4.36. The van der Waals surface area contributed by atoms with E-state index in [2.05, 4.69) is 4.98 Å². The van der Waals surface area contributed by atoms with E-state index in [9.17, 15) is 18.8 Å². The van der Waals surface area contributed by atoms with E-state index in [1.165, 1.54) is 30.1 Å². The second kappa shape index (κ2) is 8.49. The summed E-state index contributed by atoms with van der Waals surface area (Å²) in [6.07, 6.45) is 6.41. The standard InChI is InChI=1S/C22H26FN5O3/c1-25-14-24-20-19(25)21(30)28(22(31)26(20)2)13-18(29)27(17-6-4-3-5-7-17)12-15-8-10-16(23)11-9-15/h8-11,14,17H,3-7,12-13H2,1-2H3. The van der Waals surface area contributed by atoms with Crippen molar-refractivity contribution in [3.05, 3.63) is 62.8 Å². The van der Waals surface area contributed by atoms with E-state index in [1.54, 1.807) is 28.6 Å². The second-order valence-electron chi connectivity index (χ2n) is 8.20. The van der Waals surface area contributed by atoms with Crippen molar-refractivity contribution in [2.75, 3.05) is 0 Å². The highest BCUT2D eigenvalue weighted by Gasteiger charge is 2.27. The minimum Gasteiger partial charge on any atom is -0.334 e. The Bertz CT molecular complexity index is 1220. The molecule has 0 aliphatic heterocycles. The predicted molar refractivity (Wildman–Crippen MR) is 114 cm³/mol. The number of carbonyl (C=O) groups is 1. The molecule has 3 aromatic rings. The number of aromatic nitrogens is 4. The maximum atomic E-state index is 13.4. The first-order valence-electron chi connectivity index (χ1n) is 10.5. The Labute approximate surface area is 178 Å². The van der Waals surface area contributed by atoms with Crippen molar-refractivity contribution in [1.82, 2.24) is 23.6 Å². The van der Waals surface area contributed by atoms with Crippen molar-refractivity contribution < 1.29 is 9.18 Å². The highest BCUT2D eigenvalue weighted by Crippen LogP contribution is 2.24. The molecular formula is C22H26FN5O3. The fourth-order valence-electron chi connectivity index (χ4n) is 4.36. The van der Waals surface area contributed by atoms with Crippen LogP contribution in [0.2, 0.25) is 0 Å². The number of rotatable bonds is 5. The molecule has 0 N–H and O–H groups in total. The van der Waals surface area contributed by atoms with Gasteiger partial charge in [0.15, 0.2) is 11.2 Å². The van der Waals surface area contributed by atoms with Gasteiger partial charge in [-0.1, -0.05) is 31.4 Å². The number of fused-ring (bicyclic) bond motifs is 1. The van der Waals surface area contributed by atoms with Gasteiger partial charge in [-0.05, 0) is 30.5 Å². The summed E-state index contributed by atoms with van der Waals surface area (Å²) < 4.78 is 17.1. The van der Waals surface area contributed by atoms with Crippen LogP contribution in [0.1, 0.15) is 37.7 Å². The van der Waals surface area contributed by atoms with E-state index in [1.807, 2.05) is 0 Å². The quantitative estimate of drug-likeness (QED) is 0.623. The van der Waals surface area contributed by atoms with Crippen LogP contribution in [0.25, 0.3) is 11.2 Å². The van der Waals surface area contributed by atoms with Gasteiger partial charge in [-0.2, -0.15) is 0 Å². The number of hydrogen-bond acceptors (Lipinski definition) is 4. The third-order valence-corrected chi connectivity index (χ3v) is 6.10. The Kier molecular flexibility index (Phi) is 5.75. The van der Waals surface area contributed by atoms with Crippen LogP contribution in [-0.4, -0.2) is 35.5 Å². The monoisotopic (exact) mass is 427 g/mol. The first-order chi connectivity index (χ1) is 14.9. The largest absolute Gasteiger partial charge is 0.334 e. The number of halogens is 1. The number of benzene rings is 1. The number of carbonyl (C=O) groups excluding carboxylic acids is 1. The van der Waals surface area contributed by atoms with Crippen molar-refractivity contribution in [1.29, 1.82) is 0 Å². The van der Waals surface area contributed by atoms with Crippen molar-refractivity contribution in [3.63, 3.8) is 0 Å². The Morgan fingerprint density at radius 2 is 1.81 bits per heavy atom. The summed E-state index contributed by atoms with van der Waals surface area (Å²) in [5.74, 6) is -0.629. The Morgan fingerprint density at radius 3 is 2.48 bits per heavy atom. The molecule has 8 nitrogen and oxygen atoms in total. The molecule has 1 aliphatic carbocycles. The van der Waals surface area contributed by atoms with E-state index in [-0.39, 0.29) is 35.5 Å². The average molecular weight is 427 g/mol. The Balaban J connectivity index is 1.69. The van der Waals surface area contributed by atoms with Crippen LogP contribution in [0.3, 0.4) is 0 Å². The van der Waals surface area contributed by atoms with Crippen LogP contribution in [0, 0.1) is 5.82 Å². The molecule has 1 aromatic carbocycles. The summed E-state index contributed by atoms with van der Waals surface area (Å²) in [6, 6.07) is 6.09. The van der Waals surface area contributed by atoms with Gasteiger partial charge in [0, 0.05) is 26.7 Å². The molecule has 0 bridgehead atoms.